The number of thiophene rings is 1. The Morgan fingerprint density at radius 1 is 1.30 bits per heavy atom. The molecular weight excluding hydrogens is 400 g/mol. The van der Waals surface area contributed by atoms with Crippen LogP contribution in [0.3, 0.4) is 0 Å². The monoisotopic (exact) mass is 422 g/mol. The van der Waals surface area contributed by atoms with Gasteiger partial charge in [-0.05, 0) is 36.9 Å². The third-order valence-electron chi connectivity index (χ3n) is 4.85. The zero-order valence-corrected chi connectivity index (χ0v) is 17.6. The topological polar surface area (TPSA) is 84.6 Å². The van der Waals surface area contributed by atoms with Crippen molar-refractivity contribution < 1.29 is 19.3 Å². The van der Waals surface area contributed by atoms with E-state index in [2.05, 4.69) is 11.1 Å². The van der Waals surface area contributed by atoms with Crippen molar-refractivity contribution in [3.8, 4) is 22.5 Å². The smallest absolute Gasteiger partial charge is 0.233 e. The van der Waals surface area contributed by atoms with E-state index in [1.54, 1.807) is 11.3 Å². The van der Waals surface area contributed by atoms with Gasteiger partial charge in [-0.15, -0.1) is 11.3 Å². The van der Waals surface area contributed by atoms with E-state index >= 15 is 0 Å². The summed E-state index contributed by atoms with van der Waals surface area (Å²) in [4.78, 5) is 5.57. The minimum Gasteiger partial charge on any atom is -0.466 e. The largest absolute Gasteiger partial charge is 0.466 e. The van der Waals surface area contributed by atoms with Gasteiger partial charge in [0.15, 0.2) is 5.79 Å². The molecule has 3 aromatic rings. The number of benzene rings is 1. The van der Waals surface area contributed by atoms with Gasteiger partial charge < -0.3 is 19.3 Å². The number of aliphatic hydroxyl groups is 1. The van der Waals surface area contributed by atoms with Crippen molar-refractivity contribution in [1.82, 2.24) is 4.98 Å². The van der Waals surface area contributed by atoms with Crippen molar-refractivity contribution in [1.29, 1.82) is 5.26 Å². The summed E-state index contributed by atoms with van der Waals surface area (Å²) in [6.07, 6.45) is -1.06. The molecule has 2 unspecified atom stereocenters. The van der Waals surface area contributed by atoms with Crippen molar-refractivity contribution in [2.45, 2.75) is 31.8 Å². The van der Waals surface area contributed by atoms with Gasteiger partial charge in [-0.25, -0.2) is 4.98 Å². The van der Waals surface area contributed by atoms with Crippen LogP contribution in [0.25, 0.3) is 10.6 Å². The highest BCUT2D eigenvalue weighted by Gasteiger charge is 2.36. The SMILES string of the molecule is CC1(C)OCC(c2cc(-c3cccs3)nc(OC(CO)c3ccccc3)c2C#N)O1. The number of nitrogens with zero attached hydrogens (tertiary/aromatic N) is 2. The zero-order valence-electron chi connectivity index (χ0n) is 16.7. The Hall–Kier alpha value is -2.76. The molecule has 0 bridgehead atoms. The first-order chi connectivity index (χ1) is 14.5. The number of hydrogen-bond acceptors (Lipinski definition) is 7. The van der Waals surface area contributed by atoms with E-state index in [9.17, 15) is 10.4 Å². The number of hydrogen-bond donors (Lipinski definition) is 1. The Labute approximate surface area is 179 Å². The lowest BCUT2D eigenvalue weighted by molar-refractivity contribution is -0.139. The van der Waals surface area contributed by atoms with Crippen LogP contribution in [0, 0.1) is 11.3 Å². The lowest BCUT2D eigenvalue weighted by atomic mass is 10.0. The first-order valence-electron chi connectivity index (χ1n) is 9.64. The van der Waals surface area contributed by atoms with Crippen molar-refractivity contribution in [2.75, 3.05) is 13.2 Å². The number of pyridine rings is 1. The quantitative estimate of drug-likeness (QED) is 0.624. The Balaban J connectivity index is 1.79. The first kappa shape index (κ1) is 20.5. The molecule has 1 N–H and O–H groups in total. The molecule has 154 valence electrons. The minimum absolute atomic E-state index is 0.176. The summed E-state index contributed by atoms with van der Waals surface area (Å²) in [5.74, 6) is -0.558. The molecule has 1 aromatic carbocycles. The van der Waals surface area contributed by atoms with Gasteiger partial charge >= 0.3 is 0 Å². The summed E-state index contributed by atoms with van der Waals surface area (Å²) in [5, 5.41) is 21.8. The lowest BCUT2D eigenvalue weighted by Crippen LogP contribution is -2.20. The van der Waals surface area contributed by atoms with E-state index in [0.717, 1.165) is 10.4 Å². The third-order valence-corrected chi connectivity index (χ3v) is 5.74. The second-order valence-electron chi connectivity index (χ2n) is 7.38. The van der Waals surface area contributed by atoms with Gasteiger partial charge in [0.2, 0.25) is 5.88 Å². The standard InChI is InChI=1S/C23H22N2O4S/c1-23(2)27-14-20(29-23)16-11-18(21-9-6-10-30-21)25-22(17(16)12-24)28-19(13-26)15-7-4-3-5-8-15/h3-11,19-20,26H,13-14H2,1-2H3. The number of nitriles is 1. The molecule has 0 spiro atoms. The number of aliphatic hydroxyl groups excluding tert-OH is 1. The third kappa shape index (κ3) is 4.23. The van der Waals surface area contributed by atoms with Crippen LogP contribution in [0.1, 0.15) is 42.7 Å². The van der Waals surface area contributed by atoms with Crippen LogP contribution in [-0.4, -0.2) is 29.1 Å². The Bertz CT molecular complexity index is 1050. The molecule has 1 fully saturated rings. The van der Waals surface area contributed by atoms with Crippen LogP contribution in [0.5, 0.6) is 5.88 Å². The predicted octanol–water partition coefficient (Wildman–Crippen LogP) is 4.62. The Kier molecular flexibility index (Phi) is 5.84. The fraction of sp³-hybridized carbons (Fsp3) is 0.304. The minimum atomic E-state index is -0.734. The molecule has 1 aliphatic heterocycles. The van der Waals surface area contributed by atoms with E-state index in [-0.39, 0.29) is 18.1 Å². The van der Waals surface area contributed by atoms with Gasteiger partial charge in [0.1, 0.15) is 23.8 Å². The van der Waals surface area contributed by atoms with Crippen LogP contribution in [0.15, 0.2) is 53.9 Å². The second kappa shape index (κ2) is 8.54. The zero-order chi connectivity index (χ0) is 21.1. The van der Waals surface area contributed by atoms with Gasteiger partial charge in [0.25, 0.3) is 0 Å². The van der Waals surface area contributed by atoms with Gasteiger partial charge in [-0.3, -0.25) is 0 Å². The normalized spacial score (nSPS) is 18.7. The molecular formula is C23H22N2O4S. The van der Waals surface area contributed by atoms with E-state index in [1.807, 2.05) is 67.8 Å². The molecule has 0 saturated carbocycles. The lowest BCUT2D eigenvalue weighted by Gasteiger charge is -2.21. The van der Waals surface area contributed by atoms with E-state index < -0.39 is 18.0 Å². The average Bonchev–Trinajstić information content (AvgIpc) is 3.41. The van der Waals surface area contributed by atoms with Crippen LogP contribution in [0.4, 0.5) is 0 Å². The molecule has 0 radical (unpaired) electrons. The summed E-state index contributed by atoms with van der Waals surface area (Å²) in [7, 11) is 0. The maximum atomic E-state index is 9.94. The van der Waals surface area contributed by atoms with Gasteiger partial charge in [-0.1, -0.05) is 36.4 Å². The first-order valence-corrected chi connectivity index (χ1v) is 10.5. The molecule has 7 heteroatoms. The van der Waals surface area contributed by atoms with Crippen molar-refractivity contribution >= 4 is 11.3 Å². The average molecular weight is 423 g/mol. The Morgan fingerprint density at radius 2 is 2.10 bits per heavy atom. The molecule has 6 nitrogen and oxygen atoms in total. The van der Waals surface area contributed by atoms with Gasteiger partial charge in [-0.2, -0.15) is 5.26 Å². The van der Waals surface area contributed by atoms with Crippen LogP contribution < -0.4 is 4.74 Å². The van der Waals surface area contributed by atoms with Crippen molar-refractivity contribution in [2.24, 2.45) is 0 Å². The summed E-state index contributed by atoms with van der Waals surface area (Å²) in [6, 6.07) is 17.4. The van der Waals surface area contributed by atoms with E-state index in [0.29, 0.717) is 17.9 Å². The summed E-state index contributed by atoms with van der Waals surface area (Å²) >= 11 is 1.55. The maximum Gasteiger partial charge on any atom is 0.233 e. The van der Waals surface area contributed by atoms with Crippen molar-refractivity contribution in [3.05, 3.63) is 70.6 Å². The molecule has 2 aromatic heterocycles. The molecule has 30 heavy (non-hydrogen) atoms. The fourth-order valence-corrected chi connectivity index (χ4v) is 4.08. The molecule has 3 heterocycles. The molecule has 4 rings (SSSR count). The fourth-order valence-electron chi connectivity index (χ4n) is 3.40. The van der Waals surface area contributed by atoms with Crippen LogP contribution in [-0.2, 0) is 9.47 Å². The molecule has 2 atom stereocenters. The molecule has 1 aliphatic rings. The van der Waals surface area contributed by atoms with Gasteiger partial charge in [0, 0.05) is 5.56 Å². The number of ether oxygens (including phenoxy) is 3. The molecule has 0 aliphatic carbocycles. The van der Waals surface area contributed by atoms with Crippen LogP contribution >= 0.6 is 11.3 Å². The molecule has 1 saturated heterocycles. The summed E-state index contributed by atoms with van der Waals surface area (Å²) < 4.78 is 17.8. The van der Waals surface area contributed by atoms with Gasteiger partial charge in [0.05, 0.1) is 23.8 Å². The highest BCUT2D eigenvalue weighted by Crippen LogP contribution is 2.39. The highest BCUT2D eigenvalue weighted by molar-refractivity contribution is 7.13. The van der Waals surface area contributed by atoms with E-state index in [1.165, 1.54) is 0 Å². The number of rotatable bonds is 6. The summed E-state index contributed by atoms with van der Waals surface area (Å²) in [6.45, 7) is 3.77. The molecule has 0 amide bonds. The number of aromatic nitrogens is 1. The van der Waals surface area contributed by atoms with E-state index in [4.69, 9.17) is 14.2 Å². The summed E-state index contributed by atoms with van der Waals surface area (Å²) in [5.41, 5.74) is 2.44. The van der Waals surface area contributed by atoms with Crippen LogP contribution in [0.2, 0.25) is 0 Å². The Morgan fingerprint density at radius 3 is 2.70 bits per heavy atom. The van der Waals surface area contributed by atoms with Crippen molar-refractivity contribution in [3.63, 3.8) is 0 Å². The predicted molar refractivity (Wildman–Crippen MR) is 113 cm³/mol. The second-order valence-corrected chi connectivity index (χ2v) is 8.33. The maximum absolute atomic E-state index is 9.94. The highest BCUT2D eigenvalue weighted by atomic mass is 32.1.